The highest BCUT2D eigenvalue weighted by Gasteiger charge is 2.39. The second kappa shape index (κ2) is 13.5. The summed E-state index contributed by atoms with van der Waals surface area (Å²) in [6.07, 6.45) is 7.05. The van der Waals surface area contributed by atoms with Gasteiger partial charge in [0.25, 0.3) is 0 Å². The number of tetrazole rings is 2. The van der Waals surface area contributed by atoms with Crippen LogP contribution in [0.15, 0.2) is 0 Å². The molecule has 12 heteroatoms. The van der Waals surface area contributed by atoms with E-state index in [1.165, 1.54) is 0 Å². The number of aromatic nitrogens is 8. The van der Waals surface area contributed by atoms with Crippen molar-refractivity contribution >= 4 is 8.80 Å². The molecule has 0 amide bonds. The molecule has 2 aromatic heterocycles. The summed E-state index contributed by atoms with van der Waals surface area (Å²) in [4.78, 5) is 0. The van der Waals surface area contributed by atoms with Gasteiger partial charge in [-0.1, -0.05) is 12.8 Å². The molecule has 0 aliphatic rings. The summed E-state index contributed by atoms with van der Waals surface area (Å²) in [6, 6.07) is 0.805. The van der Waals surface area contributed by atoms with Gasteiger partial charge in [0, 0.05) is 38.2 Å². The Hall–Kier alpha value is -1.76. The smallest absolute Gasteiger partial charge is 0.374 e. The van der Waals surface area contributed by atoms with E-state index in [9.17, 15) is 0 Å². The Morgan fingerprint density at radius 2 is 1.45 bits per heavy atom. The van der Waals surface area contributed by atoms with Crippen LogP contribution in [-0.2, 0) is 19.7 Å². The third-order valence-corrected chi connectivity index (χ3v) is 7.88. The first-order valence-corrected chi connectivity index (χ1v) is 12.5. The van der Waals surface area contributed by atoms with Crippen molar-refractivity contribution in [2.75, 3.05) is 19.8 Å². The summed E-state index contributed by atoms with van der Waals surface area (Å²) < 4.78 is 17.9. The third-order valence-electron chi connectivity index (χ3n) is 4.73. The van der Waals surface area contributed by atoms with E-state index in [1.807, 2.05) is 20.8 Å². The highest BCUT2D eigenvalue weighted by molar-refractivity contribution is 6.60. The number of nitrogens with zero attached hydrogens (tertiary/aromatic N) is 6. The third kappa shape index (κ3) is 8.24. The van der Waals surface area contributed by atoms with Crippen LogP contribution in [0.3, 0.4) is 0 Å². The van der Waals surface area contributed by atoms with Gasteiger partial charge in [-0.2, -0.15) is 0 Å². The molecular formula is C17H34N8O3Si. The molecule has 29 heavy (non-hydrogen) atoms. The van der Waals surface area contributed by atoms with Crippen molar-refractivity contribution in [1.82, 2.24) is 41.2 Å². The first-order valence-electron chi connectivity index (χ1n) is 10.6. The number of unbranched alkanes of at least 4 members (excludes halogenated alkanes) is 2. The molecule has 164 valence electrons. The number of aromatic amines is 2. The van der Waals surface area contributed by atoms with Gasteiger partial charge in [0.2, 0.25) is 0 Å². The normalized spacial score (nSPS) is 13.1. The number of hydrogen-bond acceptors (Lipinski definition) is 9. The Kier molecular flexibility index (Phi) is 10.9. The predicted molar refractivity (Wildman–Crippen MR) is 108 cm³/mol. The molecule has 0 saturated carbocycles. The minimum Gasteiger partial charge on any atom is -0.374 e. The Morgan fingerprint density at radius 3 is 2.03 bits per heavy atom. The first kappa shape index (κ1) is 23.5. The van der Waals surface area contributed by atoms with E-state index < -0.39 is 8.80 Å². The molecule has 0 aromatic carbocycles. The van der Waals surface area contributed by atoms with Crippen LogP contribution in [0, 0.1) is 0 Å². The molecule has 0 fully saturated rings. The lowest BCUT2D eigenvalue weighted by Gasteiger charge is -2.28. The van der Waals surface area contributed by atoms with Crippen LogP contribution in [0.25, 0.3) is 0 Å². The molecule has 11 nitrogen and oxygen atoms in total. The highest BCUT2D eigenvalue weighted by atomic mass is 28.4. The summed E-state index contributed by atoms with van der Waals surface area (Å²) in [5.41, 5.74) is 0. The Labute approximate surface area is 173 Å². The number of rotatable bonds is 17. The number of hydrogen-bond donors (Lipinski definition) is 2. The molecule has 2 aromatic rings. The van der Waals surface area contributed by atoms with Crippen molar-refractivity contribution in [1.29, 1.82) is 0 Å². The van der Waals surface area contributed by atoms with Gasteiger partial charge >= 0.3 is 8.80 Å². The topological polar surface area (TPSA) is 137 Å². The summed E-state index contributed by atoms with van der Waals surface area (Å²) in [6.45, 7) is 7.75. The number of H-pyrrole nitrogens is 2. The lowest BCUT2D eigenvalue weighted by molar-refractivity contribution is 0.0705. The Bertz CT molecular complexity index is 612. The van der Waals surface area contributed by atoms with Gasteiger partial charge in [0.15, 0.2) is 5.82 Å². The second-order valence-electron chi connectivity index (χ2n) is 6.80. The fraction of sp³-hybridized carbons (Fsp3) is 0.882. The summed E-state index contributed by atoms with van der Waals surface area (Å²) in [5.74, 6) is 1.97. The van der Waals surface area contributed by atoms with Crippen molar-refractivity contribution in [3.8, 4) is 0 Å². The van der Waals surface area contributed by atoms with Crippen LogP contribution >= 0.6 is 0 Å². The van der Waals surface area contributed by atoms with Crippen molar-refractivity contribution in [2.45, 2.75) is 77.7 Å². The highest BCUT2D eigenvalue weighted by Crippen LogP contribution is 2.28. The van der Waals surface area contributed by atoms with Gasteiger partial charge in [-0.25, -0.2) is 10.2 Å². The van der Waals surface area contributed by atoms with Crippen LogP contribution in [-0.4, -0.2) is 69.9 Å². The summed E-state index contributed by atoms with van der Waals surface area (Å²) >= 11 is 0. The lowest BCUT2D eigenvalue weighted by atomic mass is 9.95. The van der Waals surface area contributed by atoms with Crippen molar-refractivity contribution in [2.24, 2.45) is 0 Å². The largest absolute Gasteiger partial charge is 0.500 e. The van der Waals surface area contributed by atoms with Gasteiger partial charge in [-0.15, -0.1) is 10.2 Å². The van der Waals surface area contributed by atoms with Crippen LogP contribution in [0.5, 0.6) is 0 Å². The molecule has 0 saturated heterocycles. The van der Waals surface area contributed by atoms with E-state index in [1.54, 1.807) is 0 Å². The van der Waals surface area contributed by atoms with E-state index in [0.717, 1.165) is 62.6 Å². The number of nitrogens with one attached hydrogen (secondary N) is 2. The maximum absolute atomic E-state index is 5.96. The van der Waals surface area contributed by atoms with Gasteiger partial charge in [-0.05, 0) is 67.3 Å². The molecule has 2 N–H and O–H groups in total. The zero-order valence-electron chi connectivity index (χ0n) is 17.8. The molecule has 2 rings (SSSR count). The van der Waals surface area contributed by atoms with E-state index in [-0.39, 0.29) is 5.92 Å². The zero-order chi connectivity index (χ0) is 20.8. The second-order valence-corrected chi connectivity index (χ2v) is 9.54. The molecule has 0 aliphatic carbocycles. The fourth-order valence-corrected chi connectivity index (χ4v) is 6.11. The first-order chi connectivity index (χ1) is 14.2. The molecule has 0 bridgehead atoms. The van der Waals surface area contributed by atoms with Gasteiger partial charge in [-0.3, -0.25) is 0 Å². The summed E-state index contributed by atoms with van der Waals surface area (Å²) in [5, 5.41) is 28.5. The van der Waals surface area contributed by atoms with Crippen LogP contribution in [0.2, 0.25) is 6.04 Å². The van der Waals surface area contributed by atoms with Crippen molar-refractivity contribution < 1.29 is 13.3 Å². The Morgan fingerprint density at radius 1 is 0.793 bits per heavy atom. The van der Waals surface area contributed by atoms with E-state index in [0.29, 0.717) is 19.8 Å². The molecule has 1 unspecified atom stereocenters. The van der Waals surface area contributed by atoms with E-state index in [4.69, 9.17) is 13.3 Å². The quantitative estimate of drug-likeness (QED) is 0.288. The molecule has 0 aliphatic heterocycles. The van der Waals surface area contributed by atoms with Crippen molar-refractivity contribution in [3.63, 3.8) is 0 Å². The van der Waals surface area contributed by atoms with Crippen LogP contribution in [0.4, 0.5) is 0 Å². The number of aryl methyl sites for hydroxylation is 1. The molecule has 2 heterocycles. The van der Waals surface area contributed by atoms with E-state index in [2.05, 4.69) is 41.2 Å². The fourth-order valence-electron chi connectivity index (χ4n) is 3.47. The minimum atomic E-state index is -2.61. The predicted octanol–water partition coefficient (Wildman–Crippen LogP) is 2.43. The lowest BCUT2D eigenvalue weighted by Crippen LogP contribution is -2.45. The monoisotopic (exact) mass is 426 g/mol. The van der Waals surface area contributed by atoms with Crippen LogP contribution < -0.4 is 0 Å². The standard InChI is InChI=1S/C17H34N8O3Si/c1-4-26-29(27-5-2,28-6-3)14-10-12-15(17-20-24-25-21-17)11-8-7-9-13-16-18-22-23-19-16/h15H,4-14H2,1-3H3,(H,18,19,22,23)(H,20,21,24,25). The molecule has 0 spiro atoms. The molecule has 1 atom stereocenters. The zero-order valence-corrected chi connectivity index (χ0v) is 18.8. The molecule has 0 radical (unpaired) electrons. The SMILES string of the molecule is CCO[Si](CCCC(CCCCCc1nnn[nH]1)c1nnn[nH]1)(OCC)OCC. The summed E-state index contributed by atoms with van der Waals surface area (Å²) in [7, 11) is -2.61. The minimum absolute atomic E-state index is 0.286. The van der Waals surface area contributed by atoms with Crippen molar-refractivity contribution in [3.05, 3.63) is 11.6 Å². The van der Waals surface area contributed by atoms with Crippen LogP contribution in [0.1, 0.15) is 76.9 Å². The average Bonchev–Trinajstić information content (AvgIpc) is 3.41. The maximum atomic E-state index is 5.96. The van der Waals surface area contributed by atoms with Gasteiger partial charge in [0.05, 0.1) is 0 Å². The molecular weight excluding hydrogens is 392 g/mol. The van der Waals surface area contributed by atoms with E-state index >= 15 is 0 Å². The maximum Gasteiger partial charge on any atom is 0.500 e. The average molecular weight is 427 g/mol. The van der Waals surface area contributed by atoms with Gasteiger partial charge in [0.1, 0.15) is 5.82 Å². The van der Waals surface area contributed by atoms with Gasteiger partial charge < -0.3 is 13.3 Å². The Balaban J connectivity index is 1.81.